The molecule has 4 aromatic rings. The lowest BCUT2D eigenvalue weighted by Gasteiger charge is -2.08. The Hall–Kier alpha value is -3.72. The number of anilines is 1. The summed E-state index contributed by atoms with van der Waals surface area (Å²) in [5, 5.41) is 2.75. The van der Waals surface area contributed by atoms with E-state index in [4.69, 9.17) is 9.26 Å². The molecule has 0 saturated heterocycles. The Kier molecular flexibility index (Phi) is 5.68. The van der Waals surface area contributed by atoms with Crippen molar-refractivity contribution in [1.29, 1.82) is 0 Å². The Morgan fingerprint density at radius 2 is 1.87 bits per heavy atom. The summed E-state index contributed by atoms with van der Waals surface area (Å²) in [5.41, 5.74) is 1.42. The minimum atomic E-state index is -0.607. The van der Waals surface area contributed by atoms with Crippen molar-refractivity contribution in [1.82, 2.24) is 9.56 Å². The molecule has 9 heteroatoms. The molecule has 0 spiro atoms. The third-order valence-corrected chi connectivity index (χ3v) is 4.81. The van der Waals surface area contributed by atoms with Crippen molar-refractivity contribution in [2.75, 3.05) is 5.32 Å². The number of esters is 1. The topological polar surface area (TPSA) is 103 Å². The lowest BCUT2D eigenvalue weighted by atomic mass is 10.1. The van der Waals surface area contributed by atoms with Crippen LogP contribution in [0.3, 0.4) is 0 Å². The third kappa shape index (κ3) is 4.72. The molecular weight excluding hydrogens is 466 g/mol. The molecule has 0 aliphatic carbocycles. The van der Waals surface area contributed by atoms with Gasteiger partial charge in [0.25, 0.3) is 11.5 Å². The highest BCUT2D eigenvalue weighted by Gasteiger charge is 2.13. The van der Waals surface area contributed by atoms with E-state index in [1.807, 2.05) is 6.07 Å². The monoisotopic (exact) mass is 481 g/mol. The van der Waals surface area contributed by atoms with Crippen LogP contribution in [0, 0.1) is 6.92 Å². The first-order chi connectivity index (χ1) is 14.9. The van der Waals surface area contributed by atoms with Crippen LogP contribution in [0.1, 0.15) is 32.2 Å². The van der Waals surface area contributed by atoms with E-state index in [1.165, 1.54) is 12.1 Å². The highest BCUT2D eigenvalue weighted by atomic mass is 79.9. The highest BCUT2D eigenvalue weighted by Crippen LogP contribution is 2.16. The number of carbonyl (C=O) groups excluding carboxylic acids is 2. The van der Waals surface area contributed by atoms with E-state index < -0.39 is 11.5 Å². The number of aromatic nitrogens is 2. The first-order valence-corrected chi connectivity index (χ1v) is 10.0. The van der Waals surface area contributed by atoms with Gasteiger partial charge in [-0.3, -0.25) is 9.59 Å². The van der Waals surface area contributed by atoms with Gasteiger partial charge in [0.1, 0.15) is 12.4 Å². The van der Waals surface area contributed by atoms with Gasteiger partial charge in [-0.05, 0) is 43.3 Å². The molecule has 1 amide bonds. The predicted molar refractivity (Wildman–Crippen MR) is 116 cm³/mol. The lowest BCUT2D eigenvalue weighted by molar-refractivity contribution is 0.0467. The van der Waals surface area contributed by atoms with Gasteiger partial charge in [-0.1, -0.05) is 28.1 Å². The summed E-state index contributed by atoms with van der Waals surface area (Å²) in [5.74, 6) is -0.371. The zero-order valence-corrected chi connectivity index (χ0v) is 17.9. The van der Waals surface area contributed by atoms with E-state index >= 15 is 0 Å². The number of ether oxygens (including phenoxy) is 1. The molecule has 2 aromatic carbocycles. The van der Waals surface area contributed by atoms with Crippen molar-refractivity contribution < 1.29 is 18.8 Å². The number of aryl methyl sites for hydroxylation is 1. The number of fused-ring (bicyclic) bond motifs is 1. The average Bonchev–Trinajstić information content (AvgIpc) is 3.13. The molecule has 0 atom stereocenters. The molecule has 0 unspecified atom stereocenters. The van der Waals surface area contributed by atoms with Crippen LogP contribution in [0.25, 0.3) is 5.65 Å². The Balaban J connectivity index is 1.44. The zero-order valence-electron chi connectivity index (χ0n) is 16.3. The number of benzene rings is 2. The second kappa shape index (κ2) is 8.57. The molecule has 4 rings (SSSR count). The first-order valence-electron chi connectivity index (χ1n) is 9.23. The molecule has 156 valence electrons. The minimum absolute atomic E-state index is 0.177. The van der Waals surface area contributed by atoms with E-state index in [-0.39, 0.29) is 18.1 Å². The number of halogens is 1. The van der Waals surface area contributed by atoms with Gasteiger partial charge in [0.05, 0.1) is 11.3 Å². The number of amides is 1. The van der Waals surface area contributed by atoms with Crippen molar-refractivity contribution in [2.45, 2.75) is 13.5 Å². The molecule has 0 fully saturated rings. The molecule has 0 aliphatic rings. The van der Waals surface area contributed by atoms with E-state index in [0.29, 0.717) is 28.4 Å². The number of carbonyl (C=O) groups is 2. The third-order valence-electron chi connectivity index (χ3n) is 4.32. The van der Waals surface area contributed by atoms with Gasteiger partial charge in [0, 0.05) is 27.9 Å². The quantitative estimate of drug-likeness (QED) is 0.432. The van der Waals surface area contributed by atoms with Crippen LogP contribution in [0.15, 0.2) is 74.5 Å². The first kappa shape index (κ1) is 20.5. The van der Waals surface area contributed by atoms with Crippen LogP contribution >= 0.6 is 15.9 Å². The van der Waals surface area contributed by atoms with E-state index in [2.05, 4.69) is 26.2 Å². The van der Waals surface area contributed by atoms with Gasteiger partial charge >= 0.3 is 5.97 Å². The van der Waals surface area contributed by atoms with Crippen LogP contribution in [-0.4, -0.2) is 21.4 Å². The molecule has 0 bridgehead atoms. The van der Waals surface area contributed by atoms with Crippen LogP contribution < -0.4 is 10.9 Å². The summed E-state index contributed by atoms with van der Waals surface area (Å²) < 4.78 is 12.4. The van der Waals surface area contributed by atoms with Gasteiger partial charge in [-0.15, -0.1) is 4.57 Å². The van der Waals surface area contributed by atoms with E-state index in [0.717, 1.165) is 9.05 Å². The Labute approximate surface area is 184 Å². The Morgan fingerprint density at radius 3 is 2.68 bits per heavy atom. The van der Waals surface area contributed by atoms with Gasteiger partial charge in [0.15, 0.2) is 5.65 Å². The Morgan fingerprint density at radius 1 is 1.10 bits per heavy atom. The van der Waals surface area contributed by atoms with Crippen LogP contribution in [0.2, 0.25) is 0 Å². The van der Waals surface area contributed by atoms with Crippen molar-refractivity contribution in [2.24, 2.45) is 0 Å². The molecule has 2 heterocycles. The van der Waals surface area contributed by atoms with Crippen LogP contribution in [0.5, 0.6) is 0 Å². The summed E-state index contributed by atoms with van der Waals surface area (Å²) in [7, 11) is 0. The maximum atomic E-state index is 12.5. The molecule has 0 radical (unpaired) electrons. The molecule has 8 nitrogen and oxygen atoms in total. The number of nitrogens with one attached hydrogen (secondary N) is 1. The fraction of sp³-hybridized carbons (Fsp3) is 0.0909. The lowest BCUT2D eigenvalue weighted by Crippen LogP contribution is -2.15. The predicted octanol–water partition coefficient (Wildman–Crippen LogP) is 3.97. The van der Waals surface area contributed by atoms with Gasteiger partial charge in [-0.25, -0.2) is 9.78 Å². The van der Waals surface area contributed by atoms with Crippen molar-refractivity contribution >= 4 is 39.1 Å². The van der Waals surface area contributed by atoms with Crippen molar-refractivity contribution in [3.63, 3.8) is 0 Å². The fourth-order valence-electron chi connectivity index (χ4n) is 2.93. The summed E-state index contributed by atoms with van der Waals surface area (Å²) in [6.45, 7) is 1.53. The van der Waals surface area contributed by atoms with Gasteiger partial charge < -0.3 is 14.6 Å². The number of nitrogens with zero attached hydrogens (tertiary/aromatic N) is 2. The maximum absolute atomic E-state index is 12.5. The zero-order chi connectivity index (χ0) is 22.0. The number of hydrogen-bond acceptors (Lipinski definition) is 6. The van der Waals surface area contributed by atoms with E-state index in [9.17, 15) is 14.4 Å². The summed E-state index contributed by atoms with van der Waals surface area (Å²) in [6, 6.07) is 16.2. The Bertz CT molecular complexity index is 1360. The van der Waals surface area contributed by atoms with Gasteiger partial charge in [0.2, 0.25) is 0 Å². The minimum Gasteiger partial charge on any atom is -0.456 e. The second-order valence-corrected chi connectivity index (χ2v) is 7.62. The maximum Gasteiger partial charge on any atom is 0.338 e. The summed E-state index contributed by atoms with van der Waals surface area (Å²) >= 11 is 3.33. The van der Waals surface area contributed by atoms with E-state index in [1.54, 1.807) is 49.4 Å². The molecule has 31 heavy (non-hydrogen) atoms. The average molecular weight is 482 g/mol. The van der Waals surface area contributed by atoms with Crippen molar-refractivity contribution in [3.05, 3.63) is 98.1 Å². The van der Waals surface area contributed by atoms with Crippen LogP contribution in [-0.2, 0) is 11.3 Å². The van der Waals surface area contributed by atoms with Crippen LogP contribution in [0.4, 0.5) is 5.69 Å². The number of hydrogen-bond donors (Lipinski definition) is 1. The second-order valence-electron chi connectivity index (χ2n) is 6.71. The fourth-order valence-corrected chi connectivity index (χ4v) is 3.33. The molecular formula is C22H16BrN3O5. The highest BCUT2D eigenvalue weighted by molar-refractivity contribution is 9.10. The molecule has 0 aliphatic heterocycles. The standard InChI is InChI=1S/C22H16BrN3O5/c1-13-8-19-24-18(11-20(27)26(19)31-13)12-30-22(29)15-5-3-7-17(10-15)25-21(28)14-4-2-6-16(23)9-14/h2-11H,12H2,1H3,(H,25,28). The largest absolute Gasteiger partial charge is 0.456 e. The molecule has 2 aromatic heterocycles. The number of rotatable bonds is 5. The smallest absolute Gasteiger partial charge is 0.338 e. The van der Waals surface area contributed by atoms with Gasteiger partial charge in [-0.2, -0.15) is 0 Å². The molecule has 1 N–H and O–H groups in total. The normalized spacial score (nSPS) is 10.8. The summed E-state index contributed by atoms with van der Waals surface area (Å²) in [4.78, 5) is 41.2. The van der Waals surface area contributed by atoms with Crippen molar-refractivity contribution in [3.8, 4) is 0 Å². The SMILES string of the molecule is Cc1cc2nc(COC(=O)c3cccc(NC(=O)c4cccc(Br)c4)c3)cc(=O)n2o1. The molecule has 0 saturated carbocycles. The summed E-state index contributed by atoms with van der Waals surface area (Å²) in [6.07, 6.45) is 0.